The van der Waals surface area contributed by atoms with Gasteiger partial charge in [-0.05, 0) is 25.7 Å². The van der Waals surface area contributed by atoms with Crippen LogP contribution in [0, 0.1) is 0 Å². The number of esters is 2. The van der Waals surface area contributed by atoms with Gasteiger partial charge in [-0.2, -0.15) is 0 Å². The molecule has 0 spiro atoms. The average molecular weight is 720 g/mol. The van der Waals surface area contributed by atoms with E-state index in [0.717, 1.165) is 76.8 Å². The first-order valence-electron chi connectivity index (χ1n) is 14.2. The summed E-state index contributed by atoms with van der Waals surface area (Å²) in [4.78, 5) is 38.7. The average Bonchev–Trinajstić information content (AvgIpc) is 2.96. The van der Waals surface area contributed by atoms with Crippen LogP contribution in [0.1, 0.15) is 24.3 Å². The van der Waals surface area contributed by atoms with Crippen molar-refractivity contribution in [2.75, 3.05) is 101 Å². The van der Waals surface area contributed by atoms with Crippen LogP contribution in [0.25, 0.3) is 0 Å². The molecule has 3 aliphatic rings. The van der Waals surface area contributed by atoms with Crippen molar-refractivity contribution in [2.24, 2.45) is 0 Å². The first-order chi connectivity index (χ1) is 19.2. The van der Waals surface area contributed by atoms with E-state index >= 15 is 0 Å². The molecular weight excluding hydrogens is 672 g/mol. The Morgan fingerprint density at radius 2 is 1.09 bits per heavy atom. The molecule has 44 heavy (non-hydrogen) atoms. The number of carbonyl (C=O) groups excluding carboxylic acids is 2. The second-order valence-corrected chi connectivity index (χ2v) is 11.4. The van der Waals surface area contributed by atoms with E-state index < -0.39 is 17.9 Å². The van der Waals surface area contributed by atoms with Crippen LogP contribution < -0.4 is 0 Å². The number of hydrogen-bond donors (Lipinski definition) is 0. The van der Waals surface area contributed by atoms with E-state index in [2.05, 4.69) is 38.6 Å². The van der Waals surface area contributed by atoms with Gasteiger partial charge in [-0.25, -0.2) is 9.59 Å². The summed E-state index contributed by atoms with van der Waals surface area (Å²) in [6, 6.07) is 7.43. The van der Waals surface area contributed by atoms with Crippen LogP contribution in [0.15, 0.2) is 46.8 Å². The van der Waals surface area contributed by atoms with Crippen LogP contribution in [-0.4, -0.2) is 137 Å². The monoisotopic (exact) mass is 717 g/mol. The molecule has 2 fully saturated rings. The first kappa shape index (κ1) is 42.7. The van der Waals surface area contributed by atoms with E-state index in [4.69, 9.17) is 21.1 Å². The third-order valence-corrected chi connectivity index (χ3v) is 8.90. The molecule has 252 valence electrons. The molecule has 0 radical (unpaired) electrons. The highest BCUT2D eigenvalue weighted by Crippen LogP contribution is 2.46. The van der Waals surface area contributed by atoms with Crippen LogP contribution in [0.5, 0.6) is 0 Å². The highest BCUT2D eigenvalue weighted by molar-refractivity contribution is 6.31. The molecule has 0 aromatic heterocycles. The number of halogens is 5. The lowest BCUT2D eigenvalue weighted by atomic mass is 9.78. The quantitative estimate of drug-likeness (QED) is 0.350. The number of hydrogen-bond acceptors (Lipinski definition) is 9. The Balaban J connectivity index is 0.00000462. The van der Waals surface area contributed by atoms with Crippen molar-refractivity contribution >= 4 is 73.2 Å². The molecule has 3 heterocycles. The number of rotatable bonds is 9. The molecule has 2 saturated heterocycles. The second-order valence-electron chi connectivity index (χ2n) is 11.0. The highest BCUT2D eigenvalue weighted by atomic mass is 35.5. The van der Waals surface area contributed by atoms with Gasteiger partial charge in [0.05, 0.1) is 31.3 Å². The van der Waals surface area contributed by atoms with Gasteiger partial charge in [-0.3, -0.25) is 0 Å². The standard InChI is InChI=1S/C30H44ClN5O4.4ClH/c1-32-14-18-35(19-15-32)12-10-24-27(29(37)39-4)26(22-8-6-7-9-23(22)31)28(30(38)40-5)25(34(24)3)11-13-36-20-16-33(2)17-21-36;;;;/h6-9,26H,10-21H2,1-5H3;4*1H. The number of benzene rings is 1. The number of methoxy groups -OCH3 is 2. The predicted octanol–water partition coefficient (Wildman–Crippen LogP) is 4.19. The Bertz CT molecular complexity index is 1070. The summed E-state index contributed by atoms with van der Waals surface area (Å²) in [6.07, 6.45) is 1.30. The largest absolute Gasteiger partial charge is 0.466 e. The Hall–Kier alpha value is -1.27. The van der Waals surface area contributed by atoms with Crippen molar-refractivity contribution < 1.29 is 19.1 Å². The summed E-state index contributed by atoms with van der Waals surface area (Å²) in [6.45, 7) is 9.61. The SMILES string of the molecule is COC(=O)C1=C(CCN2CCN(C)CC2)N(C)C(CCN2CCN(C)CC2)=C(C(=O)OC)C1c1ccccc1Cl.Cl.Cl.Cl.Cl. The zero-order valence-corrected chi connectivity index (χ0v) is 30.3. The Morgan fingerprint density at radius 3 is 1.45 bits per heavy atom. The lowest BCUT2D eigenvalue weighted by Crippen LogP contribution is -2.46. The van der Waals surface area contributed by atoms with Crippen LogP contribution in [0.2, 0.25) is 5.02 Å². The van der Waals surface area contributed by atoms with E-state index in [0.29, 0.717) is 34.6 Å². The van der Waals surface area contributed by atoms with Crippen molar-refractivity contribution in [1.29, 1.82) is 0 Å². The molecule has 0 N–H and O–H groups in total. The van der Waals surface area contributed by atoms with Crippen LogP contribution >= 0.6 is 61.2 Å². The number of likely N-dealkylation sites (N-methyl/N-ethyl adjacent to an activating group) is 2. The molecule has 0 aliphatic carbocycles. The lowest BCUT2D eigenvalue weighted by molar-refractivity contribution is -0.137. The third kappa shape index (κ3) is 10.1. The molecule has 0 unspecified atom stereocenters. The minimum absolute atomic E-state index is 0. The van der Waals surface area contributed by atoms with Gasteiger partial charge in [-0.1, -0.05) is 29.8 Å². The molecule has 0 atom stereocenters. The molecular formula is C30H48Cl5N5O4. The zero-order valence-electron chi connectivity index (χ0n) is 26.3. The predicted molar refractivity (Wildman–Crippen MR) is 186 cm³/mol. The van der Waals surface area contributed by atoms with Gasteiger partial charge in [0, 0.05) is 102 Å². The van der Waals surface area contributed by atoms with Gasteiger partial charge < -0.3 is 34.0 Å². The zero-order chi connectivity index (χ0) is 28.8. The maximum atomic E-state index is 13.6. The van der Waals surface area contributed by atoms with E-state index in [-0.39, 0.29) is 49.6 Å². The molecule has 9 nitrogen and oxygen atoms in total. The molecule has 0 saturated carbocycles. The minimum atomic E-state index is -0.685. The molecule has 3 aliphatic heterocycles. The van der Waals surface area contributed by atoms with Crippen LogP contribution in [-0.2, 0) is 19.1 Å². The smallest absolute Gasteiger partial charge is 0.336 e. The van der Waals surface area contributed by atoms with Gasteiger partial charge in [-0.15, -0.1) is 49.6 Å². The van der Waals surface area contributed by atoms with Crippen molar-refractivity contribution in [3.63, 3.8) is 0 Å². The Labute approximate surface area is 292 Å². The van der Waals surface area contributed by atoms with Crippen molar-refractivity contribution in [1.82, 2.24) is 24.5 Å². The summed E-state index contributed by atoms with van der Waals surface area (Å²) in [5.41, 5.74) is 3.35. The summed E-state index contributed by atoms with van der Waals surface area (Å²) >= 11 is 6.75. The molecule has 14 heteroatoms. The van der Waals surface area contributed by atoms with Crippen molar-refractivity contribution in [3.8, 4) is 0 Å². The maximum Gasteiger partial charge on any atom is 0.336 e. The fourth-order valence-electron chi connectivity index (χ4n) is 5.99. The topological polar surface area (TPSA) is 68.8 Å². The molecule has 4 rings (SSSR count). The maximum absolute atomic E-state index is 13.6. The number of ether oxygens (including phenoxy) is 2. The van der Waals surface area contributed by atoms with Gasteiger partial charge in [0.25, 0.3) is 0 Å². The number of nitrogens with zero attached hydrogens (tertiary/aromatic N) is 5. The van der Waals surface area contributed by atoms with E-state index in [1.807, 2.05) is 25.2 Å². The van der Waals surface area contributed by atoms with Gasteiger partial charge >= 0.3 is 11.9 Å². The lowest BCUT2D eigenvalue weighted by Gasteiger charge is -2.40. The molecule has 0 bridgehead atoms. The van der Waals surface area contributed by atoms with E-state index in [1.165, 1.54) is 14.2 Å². The number of carbonyl (C=O) groups is 2. The minimum Gasteiger partial charge on any atom is -0.466 e. The summed E-state index contributed by atoms with van der Waals surface area (Å²) < 4.78 is 10.7. The Kier molecular flexibility index (Phi) is 19.5. The van der Waals surface area contributed by atoms with E-state index in [1.54, 1.807) is 6.07 Å². The summed E-state index contributed by atoms with van der Waals surface area (Å²) in [5.74, 6) is -1.59. The first-order valence-corrected chi connectivity index (χ1v) is 14.6. The second kappa shape index (κ2) is 20.1. The molecule has 0 amide bonds. The summed E-state index contributed by atoms with van der Waals surface area (Å²) in [7, 11) is 9.03. The van der Waals surface area contributed by atoms with Crippen LogP contribution in [0.3, 0.4) is 0 Å². The number of piperazine rings is 2. The fourth-order valence-corrected chi connectivity index (χ4v) is 6.23. The fraction of sp³-hybridized carbons (Fsp3) is 0.600. The highest BCUT2D eigenvalue weighted by Gasteiger charge is 2.42. The Morgan fingerprint density at radius 1 is 0.705 bits per heavy atom. The van der Waals surface area contributed by atoms with Gasteiger partial charge in [0.2, 0.25) is 0 Å². The van der Waals surface area contributed by atoms with Crippen LogP contribution in [0.4, 0.5) is 0 Å². The van der Waals surface area contributed by atoms with Crippen molar-refractivity contribution in [3.05, 3.63) is 57.4 Å². The van der Waals surface area contributed by atoms with Crippen molar-refractivity contribution in [2.45, 2.75) is 18.8 Å². The third-order valence-electron chi connectivity index (χ3n) is 8.56. The molecule has 1 aromatic rings. The van der Waals surface area contributed by atoms with Gasteiger partial charge in [0.1, 0.15) is 0 Å². The molecule has 1 aromatic carbocycles. The van der Waals surface area contributed by atoms with Gasteiger partial charge in [0.15, 0.2) is 0 Å². The normalized spacial score (nSPS) is 18.9. The summed E-state index contributed by atoms with van der Waals surface area (Å²) in [5, 5.41) is 0.497. The van der Waals surface area contributed by atoms with E-state index in [9.17, 15) is 9.59 Å².